The number of benzene rings is 2. The van der Waals surface area contributed by atoms with Crippen molar-refractivity contribution in [2.24, 2.45) is 0 Å². The highest BCUT2D eigenvalue weighted by Crippen LogP contribution is 2.36. The Bertz CT molecular complexity index is 1110. The van der Waals surface area contributed by atoms with Gasteiger partial charge in [0.25, 0.3) is 5.91 Å². The van der Waals surface area contributed by atoms with Gasteiger partial charge >= 0.3 is 0 Å². The summed E-state index contributed by atoms with van der Waals surface area (Å²) >= 11 is 18.6. The summed E-state index contributed by atoms with van der Waals surface area (Å²) in [4.78, 5) is 27.0. The minimum absolute atomic E-state index is 0.175. The lowest BCUT2D eigenvalue weighted by Gasteiger charge is -2.14. The molecule has 0 bridgehead atoms. The van der Waals surface area contributed by atoms with Crippen molar-refractivity contribution < 1.29 is 19.1 Å². The molecule has 0 spiro atoms. The van der Waals surface area contributed by atoms with Gasteiger partial charge in [-0.25, -0.2) is 0 Å². The molecule has 2 aliphatic rings. The topological polar surface area (TPSA) is 67.9 Å². The van der Waals surface area contributed by atoms with Crippen LogP contribution < -0.4 is 14.8 Å². The molecule has 2 aliphatic heterocycles. The highest BCUT2D eigenvalue weighted by molar-refractivity contribution is 8.26. The molecule has 1 fully saturated rings. The molecule has 0 aromatic heterocycles. The van der Waals surface area contributed by atoms with Crippen molar-refractivity contribution in [1.29, 1.82) is 0 Å². The van der Waals surface area contributed by atoms with Crippen LogP contribution in [0.3, 0.4) is 0 Å². The van der Waals surface area contributed by atoms with Gasteiger partial charge in [-0.15, -0.1) is 0 Å². The van der Waals surface area contributed by atoms with Crippen LogP contribution in [0.1, 0.15) is 18.4 Å². The summed E-state index contributed by atoms with van der Waals surface area (Å²) < 4.78 is 11.1. The second-order valence-electron chi connectivity index (χ2n) is 6.70. The fraction of sp³-hybridized carbons (Fsp3) is 0.190. The van der Waals surface area contributed by atoms with Gasteiger partial charge < -0.3 is 14.8 Å². The van der Waals surface area contributed by atoms with Gasteiger partial charge in [-0.05, 0) is 42.3 Å². The maximum atomic E-state index is 12.8. The molecular weight excluding hydrogens is 479 g/mol. The number of carbonyl (C=O) groups is 2. The third-order valence-electron chi connectivity index (χ3n) is 4.58. The smallest absolute Gasteiger partial charge is 0.266 e. The first-order valence-electron chi connectivity index (χ1n) is 9.31. The molecule has 2 heterocycles. The van der Waals surface area contributed by atoms with Crippen LogP contribution in [0.4, 0.5) is 5.69 Å². The van der Waals surface area contributed by atoms with E-state index in [2.05, 4.69) is 5.32 Å². The summed E-state index contributed by atoms with van der Waals surface area (Å²) in [6.45, 7) is 0.540. The summed E-state index contributed by atoms with van der Waals surface area (Å²) in [5.41, 5.74) is 1.28. The van der Waals surface area contributed by atoms with Gasteiger partial charge in [0.1, 0.15) is 4.32 Å². The van der Waals surface area contributed by atoms with Crippen LogP contribution in [-0.2, 0) is 9.59 Å². The fourth-order valence-corrected chi connectivity index (χ4v) is 4.71. The highest BCUT2D eigenvalue weighted by atomic mass is 35.5. The summed E-state index contributed by atoms with van der Waals surface area (Å²) in [7, 11) is 0. The Morgan fingerprint density at radius 2 is 2.03 bits per heavy atom. The van der Waals surface area contributed by atoms with Crippen molar-refractivity contribution >= 4 is 75.1 Å². The number of nitrogens with zero attached hydrogens (tertiary/aromatic N) is 1. The van der Waals surface area contributed by atoms with E-state index in [1.807, 2.05) is 12.1 Å². The lowest BCUT2D eigenvalue weighted by molar-refractivity contribution is -0.122. The molecule has 1 N–H and O–H groups in total. The molecule has 2 aromatic carbocycles. The zero-order chi connectivity index (χ0) is 22.0. The molecule has 0 unspecified atom stereocenters. The van der Waals surface area contributed by atoms with E-state index in [1.54, 1.807) is 30.3 Å². The zero-order valence-electron chi connectivity index (χ0n) is 16.0. The first-order valence-corrected chi connectivity index (χ1v) is 11.3. The van der Waals surface area contributed by atoms with Gasteiger partial charge in [0, 0.05) is 13.0 Å². The van der Waals surface area contributed by atoms with E-state index in [1.165, 1.54) is 16.7 Å². The number of rotatable bonds is 6. The molecule has 0 saturated carbocycles. The van der Waals surface area contributed by atoms with Gasteiger partial charge in [0.2, 0.25) is 12.7 Å². The predicted molar refractivity (Wildman–Crippen MR) is 127 cm³/mol. The second-order valence-corrected chi connectivity index (χ2v) is 9.16. The first kappa shape index (κ1) is 22.0. The van der Waals surface area contributed by atoms with E-state index >= 15 is 0 Å². The molecule has 0 aliphatic carbocycles. The van der Waals surface area contributed by atoms with Crippen LogP contribution in [0.2, 0.25) is 10.0 Å². The van der Waals surface area contributed by atoms with Crippen LogP contribution in [0.25, 0.3) is 6.08 Å². The molecule has 0 radical (unpaired) electrons. The molecule has 4 rings (SSSR count). The number of thioether (sulfide) groups is 1. The number of carbonyl (C=O) groups excluding carboxylic acids is 2. The van der Waals surface area contributed by atoms with E-state index in [-0.39, 0.29) is 25.0 Å². The monoisotopic (exact) mass is 494 g/mol. The Balaban J connectivity index is 1.33. The second kappa shape index (κ2) is 9.48. The predicted octanol–water partition coefficient (Wildman–Crippen LogP) is 5.34. The Morgan fingerprint density at radius 1 is 1.23 bits per heavy atom. The van der Waals surface area contributed by atoms with Crippen LogP contribution in [0, 0.1) is 0 Å². The maximum Gasteiger partial charge on any atom is 0.266 e. The molecule has 6 nitrogen and oxygen atoms in total. The van der Waals surface area contributed by atoms with Crippen LogP contribution >= 0.6 is 47.2 Å². The quantitative estimate of drug-likeness (QED) is 0.431. The number of anilines is 1. The number of hydrogen-bond acceptors (Lipinski definition) is 6. The molecule has 2 aromatic rings. The molecule has 0 atom stereocenters. The standard InChI is InChI=1S/C21H16Cl2N2O4S2/c22-13-3-1-4-14(19(13)23)24-18(26)5-2-8-25-20(27)17(31-21(25)30)10-12-6-7-15-16(9-12)29-11-28-15/h1,3-4,6-7,9-10H,2,5,8,11H2,(H,24,26)/b17-10-. The Labute approximate surface area is 198 Å². The normalized spacial score (nSPS) is 16.3. The van der Waals surface area contributed by atoms with Crippen LogP contribution in [-0.4, -0.2) is 34.4 Å². The summed E-state index contributed by atoms with van der Waals surface area (Å²) in [5.74, 6) is 0.938. The number of halogens is 2. The summed E-state index contributed by atoms with van der Waals surface area (Å²) in [6.07, 6.45) is 2.43. The van der Waals surface area contributed by atoms with E-state index in [9.17, 15) is 9.59 Å². The maximum absolute atomic E-state index is 12.8. The average molecular weight is 495 g/mol. The van der Waals surface area contributed by atoms with Crippen LogP contribution in [0.15, 0.2) is 41.3 Å². The van der Waals surface area contributed by atoms with Crippen molar-refractivity contribution in [3.63, 3.8) is 0 Å². The Morgan fingerprint density at radius 3 is 2.87 bits per heavy atom. The van der Waals surface area contributed by atoms with Gasteiger partial charge in [0.15, 0.2) is 11.5 Å². The van der Waals surface area contributed by atoms with Gasteiger partial charge in [-0.2, -0.15) is 0 Å². The summed E-state index contributed by atoms with van der Waals surface area (Å²) in [6, 6.07) is 10.5. The zero-order valence-corrected chi connectivity index (χ0v) is 19.2. The number of nitrogens with one attached hydrogen (secondary N) is 1. The van der Waals surface area contributed by atoms with Crippen molar-refractivity contribution in [2.75, 3.05) is 18.7 Å². The third-order valence-corrected chi connectivity index (χ3v) is 6.78. The molecule has 31 heavy (non-hydrogen) atoms. The largest absolute Gasteiger partial charge is 0.454 e. The van der Waals surface area contributed by atoms with Gasteiger partial charge in [-0.3, -0.25) is 14.5 Å². The van der Waals surface area contributed by atoms with Crippen LogP contribution in [0.5, 0.6) is 11.5 Å². The number of fused-ring (bicyclic) bond motifs is 1. The Hall–Kier alpha value is -2.26. The molecule has 10 heteroatoms. The van der Waals surface area contributed by atoms with Crippen molar-refractivity contribution in [3.05, 3.63) is 56.9 Å². The van der Waals surface area contributed by atoms with E-state index < -0.39 is 0 Å². The van der Waals surface area contributed by atoms with Gasteiger partial charge in [0.05, 0.1) is 20.6 Å². The van der Waals surface area contributed by atoms with E-state index in [0.717, 1.165) is 5.56 Å². The van der Waals surface area contributed by atoms with E-state index in [0.29, 0.717) is 49.4 Å². The fourth-order valence-electron chi connectivity index (χ4n) is 3.06. The molecule has 160 valence electrons. The van der Waals surface area contributed by atoms with Gasteiger partial charge in [-0.1, -0.05) is 59.3 Å². The third kappa shape index (κ3) is 4.98. The lowest BCUT2D eigenvalue weighted by Crippen LogP contribution is -2.29. The number of hydrogen-bond donors (Lipinski definition) is 1. The SMILES string of the molecule is O=C(CCCN1C(=O)/C(=C/c2ccc3c(c2)OCO3)SC1=S)Nc1cccc(Cl)c1Cl. The molecule has 2 amide bonds. The summed E-state index contributed by atoms with van der Waals surface area (Å²) in [5, 5.41) is 3.39. The minimum Gasteiger partial charge on any atom is -0.454 e. The Kier molecular flexibility index (Phi) is 6.71. The average Bonchev–Trinajstić information content (AvgIpc) is 3.31. The van der Waals surface area contributed by atoms with E-state index in [4.69, 9.17) is 44.9 Å². The minimum atomic E-state index is -0.217. The van der Waals surface area contributed by atoms with Crippen molar-refractivity contribution in [2.45, 2.75) is 12.8 Å². The highest BCUT2D eigenvalue weighted by Gasteiger charge is 2.31. The number of thiocarbonyl (C=S) groups is 1. The van der Waals surface area contributed by atoms with Crippen molar-refractivity contribution in [3.8, 4) is 11.5 Å². The molecule has 1 saturated heterocycles. The van der Waals surface area contributed by atoms with Crippen molar-refractivity contribution in [1.82, 2.24) is 4.90 Å². The number of amides is 2. The first-order chi connectivity index (χ1) is 14.9. The lowest BCUT2D eigenvalue weighted by atomic mass is 10.2. The number of ether oxygens (including phenoxy) is 2. The molecular formula is C21H16Cl2N2O4S2.